The average Bonchev–Trinajstić information content (AvgIpc) is 2.28. The Morgan fingerprint density at radius 2 is 2.00 bits per heavy atom. The zero-order chi connectivity index (χ0) is 12.8. The van der Waals surface area contributed by atoms with Crippen LogP contribution in [0.3, 0.4) is 0 Å². The van der Waals surface area contributed by atoms with Gasteiger partial charge in [0, 0.05) is 13.1 Å². The Morgan fingerprint density at radius 3 is 2.47 bits per heavy atom. The van der Waals surface area contributed by atoms with Crippen LogP contribution < -0.4 is 10.6 Å². The van der Waals surface area contributed by atoms with Gasteiger partial charge in [0.15, 0.2) is 5.69 Å². The van der Waals surface area contributed by atoms with Crippen molar-refractivity contribution < 1.29 is 4.79 Å². The molecule has 5 nitrogen and oxygen atoms in total. The number of nitrogens with zero attached hydrogens (tertiary/aromatic N) is 2. The third-order valence-electron chi connectivity index (χ3n) is 2.34. The predicted molar refractivity (Wildman–Crippen MR) is 68.0 cm³/mol. The van der Waals surface area contributed by atoms with Gasteiger partial charge in [0.25, 0.3) is 5.91 Å². The highest BCUT2D eigenvalue weighted by molar-refractivity contribution is 5.91. The van der Waals surface area contributed by atoms with Gasteiger partial charge in [0.1, 0.15) is 5.82 Å². The number of nitrogens with one attached hydrogen (secondary N) is 2. The monoisotopic (exact) mass is 236 g/mol. The smallest absolute Gasteiger partial charge is 0.271 e. The van der Waals surface area contributed by atoms with E-state index < -0.39 is 0 Å². The zero-order valence-electron chi connectivity index (χ0n) is 10.8. The van der Waals surface area contributed by atoms with Crippen molar-refractivity contribution in [1.82, 2.24) is 15.5 Å². The van der Waals surface area contributed by atoms with Crippen LogP contribution in [0.4, 0.5) is 5.82 Å². The van der Waals surface area contributed by atoms with Crippen LogP contribution in [-0.4, -0.2) is 29.2 Å². The maximum Gasteiger partial charge on any atom is 0.271 e. The Balaban J connectivity index is 2.59. The summed E-state index contributed by atoms with van der Waals surface area (Å²) >= 11 is 0. The molecule has 1 aromatic rings. The van der Waals surface area contributed by atoms with Crippen LogP contribution in [0.25, 0.3) is 0 Å². The van der Waals surface area contributed by atoms with Gasteiger partial charge in [-0.1, -0.05) is 13.8 Å². The molecule has 1 unspecified atom stereocenters. The van der Waals surface area contributed by atoms with Gasteiger partial charge in [-0.15, -0.1) is 10.2 Å². The van der Waals surface area contributed by atoms with Gasteiger partial charge in [-0.2, -0.15) is 0 Å². The van der Waals surface area contributed by atoms with Crippen molar-refractivity contribution in [3.63, 3.8) is 0 Å². The number of hydrogen-bond acceptors (Lipinski definition) is 4. The highest BCUT2D eigenvalue weighted by atomic mass is 16.1. The minimum absolute atomic E-state index is 0.223. The Bertz CT molecular complexity index is 361. The van der Waals surface area contributed by atoms with E-state index >= 15 is 0 Å². The standard InChI is InChI=1S/C12H20N4O/c1-8(2)7-9(3)14-11-6-5-10(15-16-11)12(17)13-4/h5-6,8-9H,7H2,1-4H3,(H,13,17)(H,14,16). The summed E-state index contributed by atoms with van der Waals surface area (Å²) in [5.41, 5.74) is 0.328. The number of amides is 1. The lowest BCUT2D eigenvalue weighted by Gasteiger charge is -2.15. The Labute approximate surface area is 102 Å². The molecule has 0 radical (unpaired) electrons. The Kier molecular flexibility index (Phi) is 4.87. The van der Waals surface area contributed by atoms with Gasteiger partial charge in [-0.05, 0) is 31.4 Å². The summed E-state index contributed by atoms with van der Waals surface area (Å²) in [7, 11) is 1.57. The molecule has 0 spiro atoms. The molecule has 0 aromatic carbocycles. The molecule has 0 aliphatic heterocycles. The van der Waals surface area contributed by atoms with Gasteiger partial charge in [-0.25, -0.2) is 0 Å². The van der Waals surface area contributed by atoms with Crippen molar-refractivity contribution in [2.75, 3.05) is 12.4 Å². The molecular weight excluding hydrogens is 216 g/mol. The normalized spacial score (nSPS) is 12.3. The van der Waals surface area contributed by atoms with Crippen LogP contribution in [0.15, 0.2) is 12.1 Å². The second-order valence-electron chi connectivity index (χ2n) is 4.56. The topological polar surface area (TPSA) is 66.9 Å². The summed E-state index contributed by atoms with van der Waals surface area (Å²) in [4.78, 5) is 11.3. The molecule has 0 saturated heterocycles. The molecule has 2 N–H and O–H groups in total. The fraction of sp³-hybridized carbons (Fsp3) is 0.583. The van der Waals surface area contributed by atoms with Gasteiger partial charge in [-0.3, -0.25) is 4.79 Å². The number of carbonyl (C=O) groups is 1. The largest absolute Gasteiger partial charge is 0.366 e. The molecule has 0 fully saturated rings. The second kappa shape index (κ2) is 6.18. The van der Waals surface area contributed by atoms with E-state index in [1.54, 1.807) is 19.2 Å². The first-order chi connectivity index (χ1) is 8.02. The Hall–Kier alpha value is -1.65. The van der Waals surface area contributed by atoms with Gasteiger partial charge < -0.3 is 10.6 Å². The van der Waals surface area contributed by atoms with Crippen LogP contribution in [0.5, 0.6) is 0 Å². The first kappa shape index (κ1) is 13.4. The van der Waals surface area contributed by atoms with Gasteiger partial charge >= 0.3 is 0 Å². The van der Waals surface area contributed by atoms with Crippen LogP contribution in [0.2, 0.25) is 0 Å². The van der Waals surface area contributed by atoms with Crippen molar-refractivity contribution in [3.05, 3.63) is 17.8 Å². The Morgan fingerprint density at radius 1 is 1.29 bits per heavy atom. The van der Waals surface area contributed by atoms with Crippen molar-refractivity contribution in [3.8, 4) is 0 Å². The van der Waals surface area contributed by atoms with E-state index in [4.69, 9.17) is 0 Å². The number of anilines is 1. The molecule has 1 aromatic heterocycles. The summed E-state index contributed by atoms with van der Waals surface area (Å²) in [6.45, 7) is 6.46. The molecule has 1 atom stereocenters. The first-order valence-corrected chi connectivity index (χ1v) is 5.85. The number of aromatic nitrogens is 2. The van der Waals surface area contributed by atoms with Crippen molar-refractivity contribution in [1.29, 1.82) is 0 Å². The summed E-state index contributed by atoms with van der Waals surface area (Å²) in [5, 5.41) is 13.6. The molecule has 17 heavy (non-hydrogen) atoms. The first-order valence-electron chi connectivity index (χ1n) is 5.85. The molecule has 0 aliphatic carbocycles. The second-order valence-corrected chi connectivity index (χ2v) is 4.56. The maximum absolute atomic E-state index is 11.3. The summed E-state index contributed by atoms with van der Waals surface area (Å²) < 4.78 is 0. The van der Waals surface area contributed by atoms with E-state index in [-0.39, 0.29) is 5.91 Å². The van der Waals surface area contributed by atoms with Crippen LogP contribution >= 0.6 is 0 Å². The quantitative estimate of drug-likeness (QED) is 0.816. The lowest BCUT2D eigenvalue weighted by atomic mass is 10.1. The van der Waals surface area contributed by atoms with E-state index in [0.29, 0.717) is 23.5 Å². The molecule has 0 aliphatic rings. The molecular formula is C12H20N4O. The molecule has 1 heterocycles. The fourth-order valence-corrected chi connectivity index (χ4v) is 1.68. The highest BCUT2D eigenvalue weighted by Crippen LogP contribution is 2.10. The summed E-state index contributed by atoms with van der Waals surface area (Å²) in [6, 6.07) is 3.78. The van der Waals surface area contributed by atoms with Crippen LogP contribution in [0, 0.1) is 5.92 Å². The van der Waals surface area contributed by atoms with Crippen molar-refractivity contribution in [2.24, 2.45) is 5.92 Å². The van der Waals surface area contributed by atoms with E-state index in [9.17, 15) is 4.79 Å². The lowest BCUT2D eigenvalue weighted by Crippen LogP contribution is -2.21. The SMILES string of the molecule is CNC(=O)c1ccc(NC(C)CC(C)C)nn1. The minimum Gasteiger partial charge on any atom is -0.366 e. The summed E-state index contributed by atoms with van der Waals surface area (Å²) in [5.74, 6) is 1.11. The van der Waals surface area contributed by atoms with Crippen molar-refractivity contribution in [2.45, 2.75) is 33.2 Å². The van der Waals surface area contributed by atoms with Crippen LogP contribution in [-0.2, 0) is 0 Å². The van der Waals surface area contributed by atoms with E-state index in [0.717, 1.165) is 6.42 Å². The van der Waals surface area contributed by atoms with Crippen LogP contribution in [0.1, 0.15) is 37.7 Å². The summed E-state index contributed by atoms with van der Waals surface area (Å²) in [6.07, 6.45) is 1.07. The van der Waals surface area contributed by atoms with E-state index in [1.165, 1.54) is 0 Å². The fourth-order valence-electron chi connectivity index (χ4n) is 1.68. The van der Waals surface area contributed by atoms with E-state index in [1.807, 2.05) is 0 Å². The molecule has 5 heteroatoms. The highest BCUT2D eigenvalue weighted by Gasteiger charge is 2.08. The maximum atomic E-state index is 11.3. The molecule has 1 amide bonds. The number of rotatable bonds is 5. The molecule has 0 saturated carbocycles. The number of hydrogen-bond donors (Lipinski definition) is 2. The lowest BCUT2D eigenvalue weighted by molar-refractivity contribution is 0.0957. The third kappa shape index (κ3) is 4.38. The zero-order valence-corrected chi connectivity index (χ0v) is 10.8. The predicted octanol–water partition coefficient (Wildman–Crippen LogP) is 1.68. The molecule has 1 rings (SSSR count). The van der Waals surface area contributed by atoms with E-state index in [2.05, 4.69) is 41.6 Å². The number of carbonyl (C=O) groups excluding carboxylic acids is 1. The van der Waals surface area contributed by atoms with Gasteiger partial charge in [0.05, 0.1) is 0 Å². The molecule has 0 bridgehead atoms. The molecule has 94 valence electrons. The average molecular weight is 236 g/mol. The van der Waals surface area contributed by atoms with Crippen molar-refractivity contribution >= 4 is 11.7 Å². The third-order valence-corrected chi connectivity index (χ3v) is 2.34. The van der Waals surface area contributed by atoms with Gasteiger partial charge in [0.2, 0.25) is 0 Å². The minimum atomic E-state index is -0.223.